The molecule has 164 valence electrons. The Bertz CT molecular complexity index is 410. The van der Waals surface area contributed by atoms with E-state index in [0.717, 1.165) is 64.2 Å². The molecule has 3 nitrogen and oxygen atoms in total. The maximum atomic E-state index is 13.0. The Morgan fingerprint density at radius 1 is 0.519 bits per heavy atom. The van der Waals surface area contributed by atoms with Crippen LogP contribution in [0.1, 0.15) is 103 Å². The van der Waals surface area contributed by atoms with Crippen molar-refractivity contribution in [2.45, 2.75) is 115 Å². The van der Waals surface area contributed by atoms with E-state index in [0.29, 0.717) is 12.8 Å². The van der Waals surface area contributed by atoms with Crippen LogP contribution in [0.3, 0.4) is 0 Å². The Kier molecular flexibility index (Phi) is 13.8. The number of rotatable bonds is 17. The summed E-state index contributed by atoms with van der Waals surface area (Å²) in [5, 5.41) is 0. The van der Waals surface area contributed by atoms with Gasteiger partial charge in [0.15, 0.2) is 0 Å². The molecule has 0 aliphatic heterocycles. The second-order valence-electron chi connectivity index (χ2n) is 7.27. The third-order valence-corrected chi connectivity index (χ3v) is 5.69. The van der Waals surface area contributed by atoms with E-state index in [1.54, 1.807) is 0 Å². The first-order chi connectivity index (χ1) is 12.5. The molecule has 0 aliphatic rings. The molecule has 2 N–H and O–H groups in total. The summed E-state index contributed by atoms with van der Waals surface area (Å²) in [6.07, 6.45) is 6.05. The van der Waals surface area contributed by atoms with Crippen LogP contribution in [-0.2, 0) is 4.57 Å². The molecule has 0 saturated heterocycles. The van der Waals surface area contributed by atoms with Crippen LogP contribution in [0, 0.1) is 0 Å². The second-order valence-corrected chi connectivity index (χ2v) is 9.02. The van der Waals surface area contributed by atoms with Crippen molar-refractivity contribution >= 4 is 7.60 Å². The normalized spacial score (nSPS) is 13.3. The zero-order chi connectivity index (χ0) is 20.8. The lowest BCUT2D eigenvalue weighted by Crippen LogP contribution is -2.15. The van der Waals surface area contributed by atoms with Gasteiger partial charge >= 0.3 is 19.4 Å². The zero-order valence-electron chi connectivity index (χ0n) is 16.0. The SMILES string of the molecule is O=P(O)(O)C(F)(F)CCCCCCCCCCCCCCCCC(F)(F)F. The zero-order valence-corrected chi connectivity index (χ0v) is 16.8. The Labute approximate surface area is 159 Å². The minimum absolute atomic E-state index is 0.112. The lowest BCUT2D eigenvalue weighted by atomic mass is 10.0. The Morgan fingerprint density at radius 2 is 0.778 bits per heavy atom. The van der Waals surface area contributed by atoms with Crippen molar-refractivity contribution in [3.63, 3.8) is 0 Å². The van der Waals surface area contributed by atoms with E-state index in [2.05, 4.69) is 0 Å². The van der Waals surface area contributed by atoms with Gasteiger partial charge in [0.1, 0.15) is 0 Å². The predicted octanol–water partition coefficient (Wildman–Crippen LogP) is 7.56. The van der Waals surface area contributed by atoms with Gasteiger partial charge < -0.3 is 9.79 Å². The second kappa shape index (κ2) is 13.9. The molecule has 0 heterocycles. The molecule has 27 heavy (non-hydrogen) atoms. The van der Waals surface area contributed by atoms with Crippen molar-refractivity contribution in [2.75, 3.05) is 0 Å². The molecule has 0 amide bonds. The largest absolute Gasteiger partial charge is 0.394 e. The molecule has 0 saturated carbocycles. The summed E-state index contributed by atoms with van der Waals surface area (Å²) < 4.78 is 72.5. The summed E-state index contributed by atoms with van der Waals surface area (Å²) in [6, 6.07) is 0. The van der Waals surface area contributed by atoms with E-state index < -0.39 is 32.3 Å². The molecule has 0 aliphatic carbocycles. The highest BCUT2D eigenvalue weighted by Gasteiger charge is 2.47. The van der Waals surface area contributed by atoms with Crippen molar-refractivity contribution in [2.24, 2.45) is 0 Å². The van der Waals surface area contributed by atoms with E-state index in [4.69, 9.17) is 9.79 Å². The number of hydrogen-bond donors (Lipinski definition) is 2. The Morgan fingerprint density at radius 3 is 1.04 bits per heavy atom. The molecular weight excluding hydrogens is 390 g/mol. The lowest BCUT2D eigenvalue weighted by molar-refractivity contribution is -0.135. The predicted molar refractivity (Wildman–Crippen MR) is 96.9 cm³/mol. The molecular formula is C18H34F5O3P. The van der Waals surface area contributed by atoms with Gasteiger partial charge in [0.05, 0.1) is 0 Å². The molecule has 0 rings (SSSR count). The van der Waals surface area contributed by atoms with E-state index in [9.17, 15) is 26.5 Å². The van der Waals surface area contributed by atoms with Gasteiger partial charge in [-0.05, 0) is 12.8 Å². The van der Waals surface area contributed by atoms with E-state index >= 15 is 0 Å². The van der Waals surface area contributed by atoms with Gasteiger partial charge in [0.25, 0.3) is 0 Å². The number of halogens is 5. The van der Waals surface area contributed by atoms with Crippen LogP contribution >= 0.6 is 7.60 Å². The van der Waals surface area contributed by atoms with Gasteiger partial charge in [-0.15, -0.1) is 0 Å². The molecule has 0 spiro atoms. The minimum atomic E-state index is -5.34. The van der Waals surface area contributed by atoms with Crippen LogP contribution < -0.4 is 0 Å². The maximum Gasteiger partial charge on any atom is 0.394 e. The molecule has 0 atom stereocenters. The first kappa shape index (κ1) is 26.8. The first-order valence-corrected chi connectivity index (χ1v) is 11.6. The minimum Gasteiger partial charge on any atom is -0.320 e. The van der Waals surface area contributed by atoms with Gasteiger partial charge in [-0.25, -0.2) is 0 Å². The summed E-state index contributed by atoms with van der Waals surface area (Å²) in [5.74, 6) is 0. The van der Waals surface area contributed by atoms with Gasteiger partial charge in [0.2, 0.25) is 0 Å². The lowest BCUT2D eigenvalue weighted by Gasteiger charge is -2.17. The Balaban J connectivity index is 3.27. The van der Waals surface area contributed by atoms with Crippen LogP contribution in [0.2, 0.25) is 0 Å². The number of hydrogen-bond acceptors (Lipinski definition) is 1. The van der Waals surface area contributed by atoms with Gasteiger partial charge in [-0.1, -0.05) is 77.0 Å². The van der Waals surface area contributed by atoms with Crippen LogP contribution in [0.5, 0.6) is 0 Å². The van der Waals surface area contributed by atoms with Crippen molar-refractivity contribution < 1.29 is 36.3 Å². The molecule has 0 aromatic carbocycles. The average molecular weight is 424 g/mol. The highest BCUT2D eigenvalue weighted by molar-refractivity contribution is 7.53. The van der Waals surface area contributed by atoms with Crippen molar-refractivity contribution in [1.29, 1.82) is 0 Å². The molecule has 0 bridgehead atoms. The topological polar surface area (TPSA) is 57.5 Å². The summed E-state index contributed by atoms with van der Waals surface area (Å²) >= 11 is 0. The van der Waals surface area contributed by atoms with Crippen molar-refractivity contribution in [3.8, 4) is 0 Å². The van der Waals surface area contributed by atoms with Gasteiger partial charge in [0, 0.05) is 12.8 Å². The number of unbranched alkanes of at least 4 members (excludes halogenated alkanes) is 13. The molecule has 0 unspecified atom stereocenters. The molecule has 9 heteroatoms. The average Bonchev–Trinajstić information content (AvgIpc) is 2.52. The smallest absolute Gasteiger partial charge is 0.320 e. The fourth-order valence-corrected chi connectivity index (χ4v) is 3.38. The summed E-state index contributed by atoms with van der Waals surface area (Å²) in [6.45, 7) is 0. The highest BCUT2D eigenvalue weighted by Crippen LogP contribution is 2.55. The summed E-state index contributed by atoms with van der Waals surface area (Å²) in [7, 11) is -5.34. The van der Waals surface area contributed by atoms with Crippen LogP contribution in [0.4, 0.5) is 22.0 Å². The van der Waals surface area contributed by atoms with Crippen LogP contribution in [0.25, 0.3) is 0 Å². The van der Waals surface area contributed by atoms with Gasteiger partial charge in [-0.3, -0.25) is 4.57 Å². The molecule has 0 aromatic heterocycles. The highest BCUT2D eigenvalue weighted by atomic mass is 31.2. The van der Waals surface area contributed by atoms with Crippen molar-refractivity contribution in [3.05, 3.63) is 0 Å². The van der Waals surface area contributed by atoms with Crippen LogP contribution in [-0.4, -0.2) is 21.6 Å². The summed E-state index contributed by atoms with van der Waals surface area (Å²) in [5.41, 5.74) is -3.91. The first-order valence-electron chi connectivity index (χ1n) is 9.96. The molecule has 0 radical (unpaired) electrons. The maximum absolute atomic E-state index is 13.0. The third-order valence-electron chi connectivity index (χ3n) is 4.61. The Hall–Kier alpha value is -0.200. The third kappa shape index (κ3) is 16.5. The van der Waals surface area contributed by atoms with E-state index in [1.165, 1.54) is 0 Å². The van der Waals surface area contributed by atoms with E-state index in [1.807, 2.05) is 0 Å². The van der Waals surface area contributed by atoms with Gasteiger partial charge in [-0.2, -0.15) is 22.0 Å². The monoisotopic (exact) mass is 424 g/mol. The fourth-order valence-electron chi connectivity index (χ4n) is 2.93. The summed E-state index contributed by atoms with van der Waals surface area (Å²) in [4.78, 5) is 17.0. The van der Waals surface area contributed by atoms with Crippen molar-refractivity contribution in [1.82, 2.24) is 0 Å². The fraction of sp³-hybridized carbons (Fsp3) is 1.00. The quantitative estimate of drug-likeness (QED) is 0.144. The van der Waals surface area contributed by atoms with Crippen LogP contribution in [0.15, 0.2) is 0 Å². The molecule has 0 fully saturated rings. The number of alkyl halides is 5. The van der Waals surface area contributed by atoms with E-state index in [-0.39, 0.29) is 12.8 Å². The molecule has 0 aromatic rings. The standard InChI is InChI=1S/C18H34F5O3P/c19-17(20,21)15-13-11-9-7-5-3-1-2-4-6-8-10-12-14-16-18(22,23)27(24,25)26/h1-16H2,(H2,24,25,26).